The number of anilines is 1. The van der Waals surface area contributed by atoms with Gasteiger partial charge in [-0.05, 0) is 6.07 Å². The van der Waals surface area contributed by atoms with Gasteiger partial charge in [-0.1, -0.05) is 0 Å². The van der Waals surface area contributed by atoms with E-state index in [0.29, 0.717) is 6.07 Å². The maximum Gasteiger partial charge on any atom is 0.286 e. The Hall–Kier alpha value is -2.48. The number of amides is 2. The predicted molar refractivity (Wildman–Crippen MR) is 65.2 cm³/mol. The summed E-state index contributed by atoms with van der Waals surface area (Å²) in [5, 5.41) is 2.18. The van der Waals surface area contributed by atoms with Gasteiger partial charge in [0.15, 0.2) is 11.4 Å². The molecule has 20 heavy (non-hydrogen) atoms. The molecule has 2 aromatic rings. The molecule has 0 spiro atoms. The predicted octanol–water partition coefficient (Wildman–Crippen LogP) is 1.39. The number of ether oxygens (including phenoxy) is 1. The normalized spacial score (nSPS) is 10.8. The van der Waals surface area contributed by atoms with E-state index in [-0.39, 0.29) is 23.3 Å². The van der Waals surface area contributed by atoms with Crippen molar-refractivity contribution in [1.82, 2.24) is 0 Å². The maximum absolute atomic E-state index is 13.6. The zero-order valence-corrected chi connectivity index (χ0v) is 10.3. The van der Waals surface area contributed by atoms with Gasteiger partial charge >= 0.3 is 0 Å². The zero-order valence-electron chi connectivity index (χ0n) is 10.3. The van der Waals surface area contributed by atoms with Crippen molar-refractivity contribution in [3.8, 4) is 0 Å². The van der Waals surface area contributed by atoms with Crippen molar-refractivity contribution < 1.29 is 27.5 Å². The van der Waals surface area contributed by atoms with Crippen LogP contribution in [0.3, 0.4) is 0 Å². The van der Waals surface area contributed by atoms with Crippen molar-refractivity contribution in [1.29, 1.82) is 0 Å². The zero-order chi connectivity index (χ0) is 14.9. The second kappa shape index (κ2) is 5.25. The quantitative estimate of drug-likeness (QED) is 0.887. The molecule has 2 amide bonds. The molecule has 0 unspecified atom stereocenters. The molecule has 1 aromatic carbocycles. The Kier molecular flexibility index (Phi) is 3.66. The molecule has 1 heterocycles. The van der Waals surface area contributed by atoms with E-state index in [2.05, 4.69) is 10.1 Å². The number of hydrogen-bond donors (Lipinski definition) is 2. The van der Waals surface area contributed by atoms with Gasteiger partial charge in [-0.3, -0.25) is 9.59 Å². The lowest BCUT2D eigenvalue weighted by molar-refractivity contribution is -0.119. The Morgan fingerprint density at radius 1 is 1.40 bits per heavy atom. The van der Waals surface area contributed by atoms with Crippen molar-refractivity contribution in [3.63, 3.8) is 0 Å². The van der Waals surface area contributed by atoms with Crippen LogP contribution < -0.4 is 11.1 Å². The Labute approximate surface area is 111 Å². The summed E-state index contributed by atoms with van der Waals surface area (Å²) in [6.07, 6.45) is 0. The molecule has 0 atom stereocenters. The molecule has 0 bridgehead atoms. The summed E-state index contributed by atoms with van der Waals surface area (Å²) in [6.45, 7) is -0.303. The molecule has 0 aliphatic heterocycles. The SMILES string of the molecule is COCC(=O)Nc1c(C(N)=O)oc2c(F)cc(F)cc12. The van der Waals surface area contributed by atoms with Gasteiger partial charge in [0.05, 0.1) is 5.39 Å². The molecule has 0 fully saturated rings. The fourth-order valence-electron chi connectivity index (χ4n) is 1.73. The van der Waals surface area contributed by atoms with Crippen LogP contribution >= 0.6 is 0 Å². The third-order valence-electron chi connectivity index (χ3n) is 2.47. The first-order chi connectivity index (χ1) is 9.43. The Bertz CT molecular complexity index is 696. The van der Waals surface area contributed by atoms with E-state index in [1.54, 1.807) is 0 Å². The van der Waals surface area contributed by atoms with Crippen molar-refractivity contribution >= 4 is 28.5 Å². The van der Waals surface area contributed by atoms with Crippen LogP contribution in [0, 0.1) is 11.6 Å². The number of nitrogens with two attached hydrogens (primary N) is 1. The minimum Gasteiger partial charge on any atom is -0.446 e. The van der Waals surface area contributed by atoms with Crippen LogP contribution in [-0.2, 0) is 9.53 Å². The molecule has 106 valence electrons. The molecule has 0 aliphatic carbocycles. The minimum atomic E-state index is -1.02. The number of halogens is 2. The molecule has 0 radical (unpaired) electrons. The van der Waals surface area contributed by atoms with Crippen molar-refractivity contribution in [2.75, 3.05) is 19.0 Å². The summed E-state index contributed by atoms with van der Waals surface area (Å²) in [7, 11) is 1.29. The fourth-order valence-corrected chi connectivity index (χ4v) is 1.73. The summed E-state index contributed by atoms with van der Waals surface area (Å²) in [5.74, 6) is -3.99. The molecular formula is C12H10F2N2O4. The van der Waals surface area contributed by atoms with Crippen molar-refractivity contribution in [2.24, 2.45) is 5.73 Å². The summed E-state index contributed by atoms with van der Waals surface area (Å²) in [4.78, 5) is 22.7. The number of methoxy groups -OCH3 is 1. The van der Waals surface area contributed by atoms with Crippen LogP contribution in [0.1, 0.15) is 10.6 Å². The van der Waals surface area contributed by atoms with E-state index in [0.717, 1.165) is 6.07 Å². The highest BCUT2D eigenvalue weighted by atomic mass is 19.1. The second-order valence-electron chi connectivity index (χ2n) is 3.92. The van der Waals surface area contributed by atoms with Gasteiger partial charge in [-0.15, -0.1) is 0 Å². The standard InChI is InChI=1S/C12H10F2N2O4/c1-19-4-8(17)16-9-6-2-5(13)3-7(14)10(6)20-11(9)12(15)18/h2-3H,4H2,1H3,(H2,15,18)(H,16,17). The second-order valence-corrected chi connectivity index (χ2v) is 3.92. The molecule has 3 N–H and O–H groups in total. The number of benzene rings is 1. The maximum atomic E-state index is 13.6. The van der Waals surface area contributed by atoms with Crippen LogP contribution in [0.25, 0.3) is 11.0 Å². The number of fused-ring (bicyclic) bond motifs is 1. The average molecular weight is 284 g/mol. The first-order valence-electron chi connectivity index (χ1n) is 5.44. The molecule has 8 heteroatoms. The highest BCUT2D eigenvalue weighted by molar-refractivity contribution is 6.10. The van der Waals surface area contributed by atoms with Crippen LogP contribution in [0.15, 0.2) is 16.5 Å². The summed E-state index contributed by atoms with van der Waals surface area (Å²) in [6, 6.07) is 1.52. The smallest absolute Gasteiger partial charge is 0.286 e. The van der Waals surface area contributed by atoms with Gasteiger partial charge in [0, 0.05) is 13.2 Å². The summed E-state index contributed by atoms with van der Waals surface area (Å²) < 4.78 is 36.4. The number of nitrogens with one attached hydrogen (secondary N) is 1. The van der Waals surface area contributed by atoms with Gasteiger partial charge in [0.1, 0.15) is 18.1 Å². The average Bonchev–Trinajstić information content (AvgIpc) is 2.69. The lowest BCUT2D eigenvalue weighted by atomic mass is 10.2. The van der Waals surface area contributed by atoms with Gasteiger partial charge in [0.2, 0.25) is 11.7 Å². The summed E-state index contributed by atoms with van der Waals surface area (Å²) in [5.41, 5.74) is 4.53. The third-order valence-corrected chi connectivity index (χ3v) is 2.47. The number of rotatable bonds is 4. The van der Waals surface area contributed by atoms with E-state index in [1.165, 1.54) is 7.11 Å². The molecule has 1 aromatic heterocycles. The van der Waals surface area contributed by atoms with Crippen LogP contribution in [0.5, 0.6) is 0 Å². The van der Waals surface area contributed by atoms with E-state index in [4.69, 9.17) is 10.2 Å². The molecule has 6 nitrogen and oxygen atoms in total. The Balaban J connectivity index is 2.62. The van der Waals surface area contributed by atoms with Gasteiger partial charge in [-0.25, -0.2) is 8.78 Å². The number of hydrogen-bond acceptors (Lipinski definition) is 4. The van der Waals surface area contributed by atoms with Crippen LogP contribution in [0.4, 0.5) is 14.5 Å². The van der Waals surface area contributed by atoms with E-state index in [1.807, 2.05) is 0 Å². The summed E-state index contributed by atoms with van der Waals surface area (Å²) >= 11 is 0. The molecular weight excluding hydrogens is 274 g/mol. The van der Waals surface area contributed by atoms with E-state index in [9.17, 15) is 18.4 Å². The Morgan fingerprint density at radius 3 is 2.70 bits per heavy atom. The van der Waals surface area contributed by atoms with Gasteiger partial charge < -0.3 is 20.2 Å². The first kappa shape index (κ1) is 13.9. The largest absolute Gasteiger partial charge is 0.446 e. The van der Waals surface area contributed by atoms with Crippen LogP contribution in [0.2, 0.25) is 0 Å². The highest BCUT2D eigenvalue weighted by Gasteiger charge is 2.23. The van der Waals surface area contributed by atoms with Gasteiger partial charge in [-0.2, -0.15) is 0 Å². The third kappa shape index (κ3) is 2.45. The van der Waals surface area contributed by atoms with Crippen molar-refractivity contribution in [3.05, 3.63) is 29.5 Å². The first-order valence-corrected chi connectivity index (χ1v) is 5.44. The highest BCUT2D eigenvalue weighted by Crippen LogP contribution is 2.33. The number of carbonyl (C=O) groups is 2. The number of primary amides is 1. The minimum absolute atomic E-state index is 0.0965. The van der Waals surface area contributed by atoms with E-state index < -0.39 is 29.2 Å². The topological polar surface area (TPSA) is 94.6 Å². The molecule has 2 rings (SSSR count). The molecule has 0 aliphatic rings. The number of carbonyl (C=O) groups excluding carboxylic acids is 2. The number of furan rings is 1. The van der Waals surface area contributed by atoms with Crippen LogP contribution in [-0.4, -0.2) is 25.5 Å². The fraction of sp³-hybridized carbons (Fsp3) is 0.167. The van der Waals surface area contributed by atoms with Crippen molar-refractivity contribution in [2.45, 2.75) is 0 Å². The van der Waals surface area contributed by atoms with Gasteiger partial charge in [0.25, 0.3) is 5.91 Å². The molecule has 0 saturated heterocycles. The Morgan fingerprint density at radius 2 is 2.10 bits per heavy atom. The lowest BCUT2D eigenvalue weighted by Gasteiger charge is -2.03. The molecule has 0 saturated carbocycles. The monoisotopic (exact) mass is 284 g/mol. The lowest BCUT2D eigenvalue weighted by Crippen LogP contribution is -2.20. The van der Waals surface area contributed by atoms with E-state index >= 15 is 0 Å².